The van der Waals surface area contributed by atoms with Gasteiger partial charge in [0.15, 0.2) is 9.84 Å². The molecule has 0 aliphatic carbocycles. The van der Waals surface area contributed by atoms with Crippen LogP contribution in [-0.4, -0.2) is 26.5 Å². The summed E-state index contributed by atoms with van der Waals surface area (Å²) in [6, 6.07) is 2.32. The zero-order valence-corrected chi connectivity index (χ0v) is 13.6. The molecule has 0 spiro atoms. The molecule has 0 aromatic carbocycles. The SMILES string of the molecule is CCNC(CC1CCS(=O)(=O)C1)c1sccc1Br. The van der Waals surface area contributed by atoms with Crippen LogP contribution < -0.4 is 5.32 Å². The second-order valence-corrected chi connectivity index (χ2v) is 8.78. The van der Waals surface area contributed by atoms with Gasteiger partial charge in [-0.15, -0.1) is 11.3 Å². The first kappa shape index (κ1) is 14.5. The Bertz CT molecular complexity index is 498. The van der Waals surface area contributed by atoms with E-state index in [4.69, 9.17) is 0 Å². The van der Waals surface area contributed by atoms with Gasteiger partial charge in [-0.1, -0.05) is 6.92 Å². The highest BCUT2D eigenvalue weighted by molar-refractivity contribution is 9.10. The molecule has 1 fully saturated rings. The molecule has 2 rings (SSSR count). The largest absolute Gasteiger partial charge is 0.309 e. The second-order valence-electron chi connectivity index (χ2n) is 4.75. The van der Waals surface area contributed by atoms with Gasteiger partial charge in [0.25, 0.3) is 0 Å². The molecule has 1 saturated heterocycles. The molecule has 0 amide bonds. The standard InChI is InChI=1S/C12H18BrNO2S2/c1-2-14-11(12-10(13)3-5-17-12)7-9-4-6-18(15,16)8-9/h3,5,9,11,14H,2,4,6-8H2,1H3. The molecule has 3 nitrogen and oxygen atoms in total. The Morgan fingerprint density at radius 1 is 1.61 bits per heavy atom. The summed E-state index contributed by atoms with van der Waals surface area (Å²) in [5.74, 6) is 1.02. The number of nitrogens with one attached hydrogen (secondary N) is 1. The van der Waals surface area contributed by atoms with Crippen molar-refractivity contribution in [3.63, 3.8) is 0 Å². The van der Waals surface area contributed by atoms with Crippen LogP contribution in [0.5, 0.6) is 0 Å². The van der Waals surface area contributed by atoms with Crippen LogP contribution in [0.25, 0.3) is 0 Å². The lowest BCUT2D eigenvalue weighted by molar-refractivity contribution is 0.425. The molecular weight excluding hydrogens is 334 g/mol. The first-order valence-corrected chi connectivity index (χ1v) is 9.68. The van der Waals surface area contributed by atoms with E-state index in [-0.39, 0.29) is 6.04 Å². The monoisotopic (exact) mass is 351 g/mol. The summed E-state index contributed by atoms with van der Waals surface area (Å²) < 4.78 is 24.1. The molecule has 2 heterocycles. The maximum Gasteiger partial charge on any atom is 0.150 e. The summed E-state index contributed by atoms with van der Waals surface area (Å²) in [5, 5.41) is 5.53. The summed E-state index contributed by atoms with van der Waals surface area (Å²) in [5.41, 5.74) is 0. The smallest absolute Gasteiger partial charge is 0.150 e. The molecule has 0 bridgehead atoms. The number of sulfone groups is 1. The predicted octanol–water partition coefficient (Wildman–Crippen LogP) is 2.99. The van der Waals surface area contributed by atoms with E-state index < -0.39 is 9.84 Å². The van der Waals surface area contributed by atoms with Gasteiger partial charge in [0.1, 0.15) is 0 Å². The third-order valence-corrected chi connectivity index (χ3v) is 7.13. The van der Waals surface area contributed by atoms with E-state index in [9.17, 15) is 8.42 Å². The lowest BCUT2D eigenvalue weighted by Crippen LogP contribution is -2.23. The summed E-state index contributed by atoms with van der Waals surface area (Å²) in [6.07, 6.45) is 1.72. The van der Waals surface area contributed by atoms with Crippen LogP contribution in [0.3, 0.4) is 0 Å². The Morgan fingerprint density at radius 3 is 2.89 bits per heavy atom. The lowest BCUT2D eigenvalue weighted by atomic mass is 9.98. The Morgan fingerprint density at radius 2 is 2.39 bits per heavy atom. The normalized spacial score (nSPS) is 24.2. The Labute approximate surface area is 121 Å². The molecule has 18 heavy (non-hydrogen) atoms. The minimum Gasteiger partial charge on any atom is -0.309 e. The quantitative estimate of drug-likeness (QED) is 0.886. The molecule has 102 valence electrons. The highest BCUT2D eigenvalue weighted by Crippen LogP contribution is 2.35. The molecule has 2 unspecified atom stereocenters. The van der Waals surface area contributed by atoms with Crippen molar-refractivity contribution in [3.8, 4) is 0 Å². The van der Waals surface area contributed by atoms with Gasteiger partial charge in [-0.2, -0.15) is 0 Å². The molecule has 1 N–H and O–H groups in total. The van der Waals surface area contributed by atoms with Crippen molar-refractivity contribution in [2.24, 2.45) is 5.92 Å². The van der Waals surface area contributed by atoms with Gasteiger partial charge in [-0.25, -0.2) is 8.42 Å². The summed E-state index contributed by atoms with van der Waals surface area (Å²) in [4.78, 5) is 1.28. The zero-order chi connectivity index (χ0) is 13.2. The van der Waals surface area contributed by atoms with E-state index in [0.717, 1.165) is 23.9 Å². The molecule has 1 aromatic heterocycles. The van der Waals surface area contributed by atoms with Crippen LogP contribution in [0.4, 0.5) is 0 Å². The molecule has 6 heteroatoms. The topological polar surface area (TPSA) is 46.2 Å². The van der Waals surface area contributed by atoms with Gasteiger partial charge in [0.05, 0.1) is 11.5 Å². The first-order valence-electron chi connectivity index (χ1n) is 6.18. The average molecular weight is 352 g/mol. The Kier molecular flexibility index (Phi) is 4.86. The van der Waals surface area contributed by atoms with Gasteiger partial charge < -0.3 is 5.32 Å². The van der Waals surface area contributed by atoms with Crippen molar-refractivity contribution < 1.29 is 8.42 Å². The van der Waals surface area contributed by atoms with Gasteiger partial charge in [-0.05, 0) is 52.7 Å². The fourth-order valence-corrected chi connectivity index (χ4v) is 6.09. The van der Waals surface area contributed by atoms with Crippen LogP contribution >= 0.6 is 27.3 Å². The maximum atomic E-state index is 11.5. The summed E-state index contributed by atoms with van der Waals surface area (Å²) >= 11 is 5.28. The molecule has 1 aliphatic heterocycles. The summed E-state index contributed by atoms with van der Waals surface area (Å²) in [6.45, 7) is 2.98. The third kappa shape index (κ3) is 3.56. The van der Waals surface area contributed by atoms with Crippen molar-refractivity contribution in [1.29, 1.82) is 0 Å². The highest BCUT2D eigenvalue weighted by Gasteiger charge is 2.30. The highest BCUT2D eigenvalue weighted by atomic mass is 79.9. The zero-order valence-electron chi connectivity index (χ0n) is 10.4. The number of rotatable bonds is 5. The van der Waals surface area contributed by atoms with E-state index in [0.29, 0.717) is 17.4 Å². The van der Waals surface area contributed by atoms with E-state index >= 15 is 0 Å². The van der Waals surface area contributed by atoms with Crippen LogP contribution in [0, 0.1) is 5.92 Å². The molecule has 2 atom stereocenters. The van der Waals surface area contributed by atoms with Crippen molar-refractivity contribution >= 4 is 37.1 Å². The van der Waals surface area contributed by atoms with Crippen molar-refractivity contribution in [3.05, 3.63) is 20.8 Å². The van der Waals surface area contributed by atoms with E-state index in [1.807, 2.05) is 0 Å². The number of halogens is 1. The minimum absolute atomic E-state index is 0.266. The van der Waals surface area contributed by atoms with Gasteiger partial charge in [0, 0.05) is 15.4 Å². The third-order valence-electron chi connectivity index (χ3n) is 3.31. The van der Waals surface area contributed by atoms with Crippen molar-refractivity contribution in [2.75, 3.05) is 18.1 Å². The summed E-state index contributed by atoms with van der Waals surface area (Å²) in [7, 11) is -2.77. The van der Waals surface area contributed by atoms with Crippen LogP contribution in [0.2, 0.25) is 0 Å². The van der Waals surface area contributed by atoms with E-state index in [2.05, 4.69) is 39.6 Å². The first-order chi connectivity index (χ1) is 8.52. The molecule has 0 radical (unpaired) electrons. The fourth-order valence-electron chi connectivity index (χ4n) is 2.47. The molecular formula is C12H18BrNO2S2. The van der Waals surface area contributed by atoms with Crippen molar-refractivity contribution in [1.82, 2.24) is 5.32 Å². The van der Waals surface area contributed by atoms with Gasteiger partial charge >= 0.3 is 0 Å². The Hall–Kier alpha value is 0.0900. The van der Waals surface area contributed by atoms with E-state index in [1.54, 1.807) is 11.3 Å². The van der Waals surface area contributed by atoms with Crippen LogP contribution in [-0.2, 0) is 9.84 Å². The Balaban J connectivity index is 2.06. The average Bonchev–Trinajstić information content (AvgIpc) is 2.84. The predicted molar refractivity (Wildman–Crippen MR) is 79.8 cm³/mol. The van der Waals surface area contributed by atoms with E-state index in [1.165, 1.54) is 4.88 Å². The number of thiophene rings is 1. The second kappa shape index (κ2) is 6.03. The molecule has 1 aliphatic rings. The van der Waals surface area contributed by atoms with Crippen LogP contribution in [0.15, 0.2) is 15.9 Å². The number of hydrogen-bond acceptors (Lipinski definition) is 4. The molecule has 0 saturated carbocycles. The molecule has 1 aromatic rings. The van der Waals surface area contributed by atoms with Gasteiger partial charge in [0.2, 0.25) is 0 Å². The maximum absolute atomic E-state index is 11.5. The van der Waals surface area contributed by atoms with Crippen molar-refractivity contribution in [2.45, 2.75) is 25.8 Å². The fraction of sp³-hybridized carbons (Fsp3) is 0.667. The van der Waals surface area contributed by atoms with Crippen LogP contribution in [0.1, 0.15) is 30.7 Å². The van der Waals surface area contributed by atoms with Gasteiger partial charge in [-0.3, -0.25) is 0 Å². The number of hydrogen-bond donors (Lipinski definition) is 1. The minimum atomic E-state index is -2.77. The lowest BCUT2D eigenvalue weighted by Gasteiger charge is -2.20.